The van der Waals surface area contributed by atoms with Gasteiger partial charge in [-0.05, 0) is 31.4 Å². The molecule has 0 radical (unpaired) electrons. The summed E-state index contributed by atoms with van der Waals surface area (Å²) in [5, 5.41) is 9.54. The Bertz CT molecular complexity index is 446. The lowest BCUT2D eigenvalue weighted by Gasteiger charge is -2.18. The summed E-state index contributed by atoms with van der Waals surface area (Å²) in [6.07, 6.45) is 1.74. The summed E-state index contributed by atoms with van der Waals surface area (Å²) in [7, 11) is 0. The summed E-state index contributed by atoms with van der Waals surface area (Å²) < 4.78 is 0. The Hall–Kier alpha value is -1.55. The van der Waals surface area contributed by atoms with Crippen LogP contribution in [0, 0.1) is 5.92 Å². The summed E-state index contributed by atoms with van der Waals surface area (Å²) >= 11 is 0. The molecule has 4 heteroatoms. The molecule has 2 rings (SSSR count). The zero-order valence-corrected chi connectivity index (χ0v) is 11.4. The van der Waals surface area contributed by atoms with Crippen molar-refractivity contribution in [2.24, 2.45) is 5.92 Å². The summed E-state index contributed by atoms with van der Waals surface area (Å²) in [6, 6.07) is 7.66. The average molecular weight is 262 g/mol. The maximum Gasteiger partial charge on any atom is 0.222 e. The maximum absolute atomic E-state index is 12.1. The fourth-order valence-electron chi connectivity index (χ4n) is 2.57. The van der Waals surface area contributed by atoms with Gasteiger partial charge in [-0.3, -0.25) is 4.79 Å². The van der Waals surface area contributed by atoms with Gasteiger partial charge in [0.15, 0.2) is 0 Å². The lowest BCUT2D eigenvalue weighted by molar-refractivity contribution is -0.130. The Morgan fingerprint density at radius 1 is 1.53 bits per heavy atom. The summed E-state index contributed by atoms with van der Waals surface area (Å²) in [4.78, 5) is 14.0. The number of amides is 1. The fraction of sp³-hybridized carbons (Fsp3) is 0.533. The number of likely N-dealkylation sites (tertiary alicyclic amines) is 1. The van der Waals surface area contributed by atoms with E-state index in [1.54, 1.807) is 6.92 Å². The monoisotopic (exact) mass is 262 g/mol. The third-order valence-electron chi connectivity index (χ3n) is 3.92. The topological polar surface area (TPSA) is 66.6 Å². The van der Waals surface area contributed by atoms with Crippen molar-refractivity contribution >= 4 is 11.6 Å². The van der Waals surface area contributed by atoms with Crippen LogP contribution in [0.5, 0.6) is 0 Å². The molecule has 1 aliphatic heterocycles. The Morgan fingerprint density at radius 3 is 2.89 bits per heavy atom. The van der Waals surface area contributed by atoms with Gasteiger partial charge in [0.25, 0.3) is 0 Å². The number of hydrogen-bond acceptors (Lipinski definition) is 3. The van der Waals surface area contributed by atoms with E-state index < -0.39 is 0 Å². The summed E-state index contributed by atoms with van der Waals surface area (Å²) in [5.41, 5.74) is 7.64. The zero-order chi connectivity index (χ0) is 13.8. The number of aliphatic hydroxyl groups excluding tert-OH is 1. The molecule has 0 saturated carbocycles. The van der Waals surface area contributed by atoms with Crippen molar-refractivity contribution in [3.8, 4) is 0 Å². The first-order valence-electron chi connectivity index (χ1n) is 6.87. The highest BCUT2D eigenvalue weighted by atomic mass is 16.3. The van der Waals surface area contributed by atoms with Crippen molar-refractivity contribution in [2.45, 2.75) is 32.3 Å². The lowest BCUT2D eigenvalue weighted by atomic mass is 10.0. The highest BCUT2D eigenvalue weighted by Gasteiger charge is 2.28. The van der Waals surface area contributed by atoms with Crippen molar-refractivity contribution in [3.05, 3.63) is 29.8 Å². The third-order valence-corrected chi connectivity index (χ3v) is 3.92. The number of nitrogens with two attached hydrogens (primary N) is 1. The van der Waals surface area contributed by atoms with Crippen molar-refractivity contribution < 1.29 is 9.90 Å². The molecule has 104 valence electrons. The molecule has 19 heavy (non-hydrogen) atoms. The molecule has 4 nitrogen and oxygen atoms in total. The number of carbonyl (C=O) groups excluding carboxylic acids is 1. The molecule has 2 atom stereocenters. The second-order valence-corrected chi connectivity index (χ2v) is 5.33. The van der Waals surface area contributed by atoms with E-state index in [4.69, 9.17) is 5.73 Å². The molecule has 1 aromatic carbocycles. The molecule has 1 saturated heterocycles. The van der Waals surface area contributed by atoms with Gasteiger partial charge < -0.3 is 15.7 Å². The quantitative estimate of drug-likeness (QED) is 0.807. The predicted molar refractivity (Wildman–Crippen MR) is 75.5 cm³/mol. The zero-order valence-electron chi connectivity index (χ0n) is 11.4. The van der Waals surface area contributed by atoms with Crippen LogP contribution in [0.15, 0.2) is 24.3 Å². The summed E-state index contributed by atoms with van der Waals surface area (Å²) in [5.74, 6) is 0.386. The number of nitrogen functional groups attached to an aromatic ring is 1. The first-order chi connectivity index (χ1) is 9.08. The summed E-state index contributed by atoms with van der Waals surface area (Å²) in [6.45, 7) is 3.24. The van der Waals surface area contributed by atoms with E-state index in [1.165, 1.54) is 0 Å². The van der Waals surface area contributed by atoms with Crippen molar-refractivity contribution in [1.82, 2.24) is 4.90 Å². The highest BCUT2D eigenvalue weighted by molar-refractivity contribution is 5.77. The molecule has 1 aromatic rings. The van der Waals surface area contributed by atoms with E-state index in [0.29, 0.717) is 19.4 Å². The van der Waals surface area contributed by atoms with Gasteiger partial charge >= 0.3 is 0 Å². The standard InChI is InChI=1S/C15H22N2O2/c1-11(18)13-8-9-17(10-13)15(19)7-6-12-4-2-3-5-14(12)16/h2-5,11,13,18H,6-10,16H2,1H3. The van der Waals surface area contributed by atoms with Crippen LogP contribution in [0.2, 0.25) is 0 Å². The van der Waals surface area contributed by atoms with E-state index in [0.717, 1.165) is 24.2 Å². The highest BCUT2D eigenvalue weighted by Crippen LogP contribution is 2.21. The Morgan fingerprint density at radius 2 is 2.26 bits per heavy atom. The van der Waals surface area contributed by atoms with Crippen molar-refractivity contribution in [1.29, 1.82) is 0 Å². The lowest BCUT2D eigenvalue weighted by Crippen LogP contribution is -2.30. The molecule has 2 unspecified atom stereocenters. The van der Waals surface area contributed by atoms with Crippen LogP contribution in [0.3, 0.4) is 0 Å². The van der Waals surface area contributed by atoms with E-state index in [1.807, 2.05) is 29.2 Å². The first kappa shape index (κ1) is 13.9. The number of benzene rings is 1. The Labute approximate surface area is 114 Å². The number of aliphatic hydroxyl groups is 1. The minimum atomic E-state index is -0.331. The number of aryl methyl sites for hydroxylation is 1. The van der Waals surface area contributed by atoms with E-state index in [2.05, 4.69) is 0 Å². The number of rotatable bonds is 4. The van der Waals surface area contributed by atoms with Gasteiger partial charge in [-0.2, -0.15) is 0 Å². The first-order valence-corrected chi connectivity index (χ1v) is 6.87. The van der Waals surface area contributed by atoms with Crippen LogP contribution in [-0.2, 0) is 11.2 Å². The van der Waals surface area contributed by atoms with Gasteiger partial charge in [-0.25, -0.2) is 0 Å². The normalized spacial score (nSPS) is 20.5. The molecule has 1 fully saturated rings. The van der Waals surface area contributed by atoms with Gasteiger partial charge in [0.05, 0.1) is 6.10 Å². The molecule has 1 heterocycles. The van der Waals surface area contributed by atoms with Gasteiger partial charge in [0, 0.05) is 31.1 Å². The molecular weight excluding hydrogens is 240 g/mol. The maximum atomic E-state index is 12.1. The van der Waals surface area contributed by atoms with Crippen LogP contribution in [0.1, 0.15) is 25.3 Å². The predicted octanol–water partition coefficient (Wildman–Crippen LogP) is 1.43. The van der Waals surface area contributed by atoms with Gasteiger partial charge in [-0.15, -0.1) is 0 Å². The molecule has 0 bridgehead atoms. The molecule has 0 aliphatic carbocycles. The molecule has 3 N–H and O–H groups in total. The second-order valence-electron chi connectivity index (χ2n) is 5.33. The number of para-hydroxylation sites is 1. The van der Waals surface area contributed by atoms with E-state index in [9.17, 15) is 9.90 Å². The van der Waals surface area contributed by atoms with Gasteiger partial charge in [0.1, 0.15) is 0 Å². The number of hydrogen-bond donors (Lipinski definition) is 2. The fourth-order valence-corrected chi connectivity index (χ4v) is 2.57. The molecular formula is C15H22N2O2. The number of carbonyl (C=O) groups is 1. The van der Waals surface area contributed by atoms with Crippen LogP contribution in [0.25, 0.3) is 0 Å². The molecule has 0 aromatic heterocycles. The molecule has 1 aliphatic rings. The van der Waals surface area contributed by atoms with E-state index >= 15 is 0 Å². The number of anilines is 1. The van der Waals surface area contributed by atoms with Crippen LogP contribution in [-0.4, -0.2) is 35.1 Å². The minimum Gasteiger partial charge on any atom is -0.399 e. The largest absolute Gasteiger partial charge is 0.399 e. The van der Waals surface area contributed by atoms with Crippen LogP contribution < -0.4 is 5.73 Å². The van der Waals surface area contributed by atoms with E-state index in [-0.39, 0.29) is 17.9 Å². The molecule has 1 amide bonds. The van der Waals surface area contributed by atoms with Crippen molar-refractivity contribution in [3.63, 3.8) is 0 Å². The van der Waals surface area contributed by atoms with Gasteiger partial charge in [-0.1, -0.05) is 18.2 Å². The SMILES string of the molecule is CC(O)C1CCN(C(=O)CCc2ccccc2N)C1. The number of nitrogens with zero attached hydrogens (tertiary/aromatic N) is 1. The van der Waals surface area contributed by atoms with Crippen LogP contribution >= 0.6 is 0 Å². The third kappa shape index (κ3) is 3.47. The second kappa shape index (κ2) is 6.06. The average Bonchev–Trinajstić information content (AvgIpc) is 2.87. The van der Waals surface area contributed by atoms with Crippen molar-refractivity contribution in [2.75, 3.05) is 18.8 Å². The molecule has 0 spiro atoms. The van der Waals surface area contributed by atoms with Gasteiger partial charge in [0.2, 0.25) is 5.91 Å². The Kier molecular flexibility index (Phi) is 4.43. The van der Waals surface area contributed by atoms with Crippen LogP contribution in [0.4, 0.5) is 5.69 Å². The Balaban J connectivity index is 1.84. The smallest absolute Gasteiger partial charge is 0.222 e. The minimum absolute atomic E-state index is 0.159.